The highest BCUT2D eigenvalue weighted by Gasteiger charge is 2.10. The van der Waals surface area contributed by atoms with Crippen LogP contribution in [0.25, 0.3) is 11.3 Å². The van der Waals surface area contributed by atoms with Gasteiger partial charge in [0.15, 0.2) is 0 Å². The molecule has 24 heavy (non-hydrogen) atoms. The Hall–Kier alpha value is -2.94. The molecule has 0 unspecified atom stereocenters. The number of aromatic nitrogens is 1. The molecule has 3 heteroatoms. The Bertz CT molecular complexity index is 871. The first-order valence-electron chi connectivity index (χ1n) is 8.00. The number of hydrogen-bond donors (Lipinski definition) is 1. The highest BCUT2D eigenvalue weighted by atomic mass is 16.1. The number of pyridine rings is 1. The molecule has 0 saturated heterocycles. The zero-order valence-electron chi connectivity index (χ0n) is 13.9. The molecule has 0 aliphatic rings. The average Bonchev–Trinajstić information content (AvgIpc) is 2.60. The quantitative estimate of drug-likeness (QED) is 0.780. The van der Waals surface area contributed by atoms with Gasteiger partial charge in [0.1, 0.15) is 0 Å². The van der Waals surface area contributed by atoms with Gasteiger partial charge in [0, 0.05) is 23.9 Å². The molecule has 120 valence electrons. The zero-order chi connectivity index (χ0) is 16.9. The van der Waals surface area contributed by atoms with Crippen LogP contribution in [0.4, 0.5) is 0 Å². The number of aryl methyl sites for hydroxylation is 2. The van der Waals surface area contributed by atoms with Gasteiger partial charge in [-0.15, -0.1) is 0 Å². The first kappa shape index (κ1) is 15.9. The topological polar surface area (TPSA) is 42.0 Å². The second-order valence-electron chi connectivity index (χ2n) is 5.88. The molecule has 0 atom stereocenters. The molecule has 0 fully saturated rings. The van der Waals surface area contributed by atoms with Crippen molar-refractivity contribution in [2.75, 3.05) is 0 Å². The van der Waals surface area contributed by atoms with Crippen LogP contribution in [-0.2, 0) is 6.54 Å². The minimum Gasteiger partial charge on any atom is -0.348 e. The minimum atomic E-state index is -0.0628. The van der Waals surface area contributed by atoms with Crippen molar-refractivity contribution >= 4 is 5.91 Å². The van der Waals surface area contributed by atoms with E-state index in [0.29, 0.717) is 12.1 Å². The number of amides is 1. The lowest BCUT2D eigenvalue weighted by molar-refractivity contribution is 0.0950. The smallest absolute Gasteiger partial charge is 0.251 e. The van der Waals surface area contributed by atoms with Crippen molar-refractivity contribution in [2.24, 2.45) is 0 Å². The molecule has 3 aromatic rings. The Morgan fingerprint density at radius 3 is 2.62 bits per heavy atom. The summed E-state index contributed by atoms with van der Waals surface area (Å²) in [6.45, 7) is 4.45. The number of hydrogen-bond acceptors (Lipinski definition) is 2. The summed E-state index contributed by atoms with van der Waals surface area (Å²) in [5.41, 5.74) is 5.85. The summed E-state index contributed by atoms with van der Waals surface area (Å²) in [4.78, 5) is 16.9. The van der Waals surface area contributed by atoms with E-state index >= 15 is 0 Å². The fourth-order valence-corrected chi connectivity index (χ4v) is 2.73. The predicted octanol–water partition coefficient (Wildman–Crippen LogP) is 4.30. The zero-order valence-corrected chi connectivity index (χ0v) is 13.9. The van der Waals surface area contributed by atoms with Crippen molar-refractivity contribution < 1.29 is 4.79 Å². The summed E-state index contributed by atoms with van der Waals surface area (Å²) in [5.74, 6) is -0.0628. The summed E-state index contributed by atoms with van der Waals surface area (Å²) in [5, 5.41) is 3.00. The maximum atomic E-state index is 12.4. The predicted molar refractivity (Wildman–Crippen MR) is 96.8 cm³/mol. The molecule has 0 spiro atoms. The van der Waals surface area contributed by atoms with Gasteiger partial charge in [-0.05, 0) is 43.2 Å². The van der Waals surface area contributed by atoms with E-state index in [4.69, 9.17) is 0 Å². The molecule has 1 amide bonds. The maximum Gasteiger partial charge on any atom is 0.251 e. The second kappa shape index (κ2) is 7.09. The molecule has 0 bridgehead atoms. The van der Waals surface area contributed by atoms with Gasteiger partial charge in [-0.1, -0.05) is 48.0 Å². The van der Waals surface area contributed by atoms with E-state index in [1.807, 2.05) is 55.5 Å². The third-order valence-corrected chi connectivity index (χ3v) is 4.01. The summed E-state index contributed by atoms with van der Waals surface area (Å²) in [6.07, 6.45) is 1.78. The highest BCUT2D eigenvalue weighted by molar-refractivity contribution is 5.95. The molecule has 0 aliphatic heterocycles. The number of nitrogens with one attached hydrogen (secondary N) is 1. The van der Waals surface area contributed by atoms with E-state index in [-0.39, 0.29) is 5.91 Å². The lowest BCUT2D eigenvalue weighted by Crippen LogP contribution is -2.24. The SMILES string of the molecule is Cc1cccc(-c2ncccc2CNC(=O)c2ccccc2C)c1. The first-order valence-corrected chi connectivity index (χ1v) is 8.00. The van der Waals surface area contributed by atoms with E-state index in [2.05, 4.69) is 29.4 Å². The van der Waals surface area contributed by atoms with E-state index in [9.17, 15) is 4.79 Å². The van der Waals surface area contributed by atoms with Crippen LogP contribution < -0.4 is 5.32 Å². The molecule has 3 rings (SSSR count). The number of carbonyl (C=O) groups is 1. The Kier molecular flexibility index (Phi) is 4.71. The highest BCUT2D eigenvalue weighted by Crippen LogP contribution is 2.22. The lowest BCUT2D eigenvalue weighted by atomic mass is 10.0. The van der Waals surface area contributed by atoms with E-state index < -0.39 is 0 Å². The van der Waals surface area contributed by atoms with Crippen LogP contribution in [0.1, 0.15) is 27.0 Å². The standard InChI is InChI=1S/C21H20N2O/c1-15-7-5-9-17(13-15)20-18(10-6-12-22-20)14-23-21(24)19-11-4-3-8-16(19)2/h3-13H,14H2,1-2H3,(H,23,24). The molecule has 1 heterocycles. The van der Waals surface area contributed by atoms with Crippen LogP contribution in [0.5, 0.6) is 0 Å². The van der Waals surface area contributed by atoms with E-state index in [1.54, 1.807) is 6.20 Å². The largest absolute Gasteiger partial charge is 0.348 e. The molecule has 1 aromatic heterocycles. The summed E-state index contributed by atoms with van der Waals surface area (Å²) in [7, 11) is 0. The Balaban J connectivity index is 1.82. The number of nitrogens with zero attached hydrogens (tertiary/aromatic N) is 1. The van der Waals surface area contributed by atoms with Crippen LogP contribution in [0.3, 0.4) is 0 Å². The summed E-state index contributed by atoms with van der Waals surface area (Å²) >= 11 is 0. The van der Waals surface area contributed by atoms with Crippen LogP contribution in [0, 0.1) is 13.8 Å². The monoisotopic (exact) mass is 316 g/mol. The van der Waals surface area contributed by atoms with Crippen LogP contribution >= 0.6 is 0 Å². The van der Waals surface area contributed by atoms with Crippen molar-refractivity contribution in [3.63, 3.8) is 0 Å². The number of carbonyl (C=O) groups excluding carboxylic acids is 1. The maximum absolute atomic E-state index is 12.4. The van der Waals surface area contributed by atoms with Crippen LogP contribution in [0.2, 0.25) is 0 Å². The van der Waals surface area contributed by atoms with Gasteiger partial charge in [0.2, 0.25) is 0 Å². The van der Waals surface area contributed by atoms with Gasteiger partial charge in [-0.2, -0.15) is 0 Å². The van der Waals surface area contributed by atoms with Gasteiger partial charge in [0.25, 0.3) is 5.91 Å². The second-order valence-corrected chi connectivity index (χ2v) is 5.88. The van der Waals surface area contributed by atoms with Gasteiger partial charge in [0.05, 0.1) is 5.69 Å². The van der Waals surface area contributed by atoms with Gasteiger partial charge in [-0.25, -0.2) is 0 Å². The summed E-state index contributed by atoms with van der Waals surface area (Å²) in [6, 6.07) is 19.7. The fraction of sp³-hybridized carbons (Fsp3) is 0.143. The van der Waals surface area contributed by atoms with Crippen molar-refractivity contribution in [3.8, 4) is 11.3 Å². The third kappa shape index (κ3) is 3.51. The average molecular weight is 316 g/mol. The minimum absolute atomic E-state index is 0.0628. The molecular weight excluding hydrogens is 296 g/mol. The first-order chi connectivity index (χ1) is 11.6. The third-order valence-electron chi connectivity index (χ3n) is 4.01. The molecule has 3 nitrogen and oxygen atoms in total. The van der Waals surface area contributed by atoms with Crippen LogP contribution in [0.15, 0.2) is 66.9 Å². The lowest BCUT2D eigenvalue weighted by Gasteiger charge is -2.11. The van der Waals surface area contributed by atoms with E-state index in [0.717, 1.165) is 22.4 Å². The molecule has 0 radical (unpaired) electrons. The fourth-order valence-electron chi connectivity index (χ4n) is 2.73. The Morgan fingerprint density at radius 2 is 1.83 bits per heavy atom. The van der Waals surface area contributed by atoms with Crippen molar-refractivity contribution in [2.45, 2.75) is 20.4 Å². The van der Waals surface area contributed by atoms with Crippen molar-refractivity contribution in [3.05, 3.63) is 89.1 Å². The van der Waals surface area contributed by atoms with Gasteiger partial charge < -0.3 is 5.32 Å². The van der Waals surface area contributed by atoms with Crippen LogP contribution in [-0.4, -0.2) is 10.9 Å². The molecule has 0 saturated carbocycles. The normalized spacial score (nSPS) is 10.4. The molecule has 2 aromatic carbocycles. The molecule has 0 aliphatic carbocycles. The van der Waals surface area contributed by atoms with Crippen molar-refractivity contribution in [1.29, 1.82) is 0 Å². The van der Waals surface area contributed by atoms with Gasteiger partial charge in [-0.3, -0.25) is 9.78 Å². The van der Waals surface area contributed by atoms with Gasteiger partial charge >= 0.3 is 0 Å². The molecule has 1 N–H and O–H groups in total. The molecular formula is C21H20N2O. The number of rotatable bonds is 4. The summed E-state index contributed by atoms with van der Waals surface area (Å²) < 4.78 is 0. The Labute approximate surface area is 142 Å². The Morgan fingerprint density at radius 1 is 1.00 bits per heavy atom. The van der Waals surface area contributed by atoms with Crippen molar-refractivity contribution in [1.82, 2.24) is 10.3 Å². The van der Waals surface area contributed by atoms with E-state index in [1.165, 1.54) is 5.56 Å². The number of benzene rings is 2.